The van der Waals surface area contributed by atoms with Crippen LogP contribution in [0.2, 0.25) is 0 Å². The van der Waals surface area contributed by atoms with E-state index in [1.807, 2.05) is 30.5 Å². The number of H-pyrrole nitrogens is 1. The number of aldehydes is 1. The molecule has 4 heteroatoms. The molecule has 3 nitrogen and oxygen atoms in total. The molecule has 2 rings (SSSR count). The molecule has 0 aliphatic carbocycles. The third-order valence-electron chi connectivity index (χ3n) is 2.11. The Kier molecular flexibility index (Phi) is 2.87. The fraction of sp³-hybridized carbons (Fsp3) is 0.0909. The molecular weight excluding hydrogens is 208 g/mol. The van der Waals surface area contributed by atoms with Crippen LogP contribution < -0.4 is 0 Å². The highest BCUT2D eigenvalue weighted by atomic mass is 32.2. The molecule has 0 atom stereocenters. The van der Waals surface area contributed by atoms with Crippen molar-refractivity contribution in [2.24, 2.45) is 0 Å². The Morgan fingerprint density at radius 2 is 2.07 bits per heavy atom. The quantitative estimate of drug-likeness (QED) is 0.636. The van der Waals surface area contributed by atoms with Crippen LogP contribution in [0.1, 0.15) is 10.5 Å². The SMILES string of the molecule is CSc1ccc(-c2cc(C=O)[nH]n2)cc1. The maximum Gasteiger partial charge on any atom is 0.167 e. The van der Waals surface area contributed by atoms with Crippen LogP contribution in [-0.2, 0) is 0 Å². The van der Waals surface area contributed by atoms with Crippen molar-refractivity contribution in [1.82, 2.24) is 10.2 Å². The first-order valence-electron chi connectivity index (χ1n) is 4.48. The summed E-state index contributed by atoms with van der Waals surface area (Å²) in [5, 5.41) is 6.71. The fourth-order valence-electron chi connectivity index (χ4n) is 1.31. The second kappa shape index (κ2) is 4.31. The van der Waals surface area contributed by atoms with Gasteiger partial charge in [0.1, 0.15) is 0 Å². The lowest BCUT2D eigenvalue weighted by Gasteiger charge is -1.97. The maximum absolute atomic E-state index is 10.5. The van der Waals surface area contributed by atoms with Gasteiger partial charge < -0.3 is 0 Å². The van der Waals surface area contributed by atoms with Gasteiger partial charge in [0.05, 0.1) is 11.4 Å². The molecule has 0 saturated heterocycles. The minimum Gasteiger partial charge on any atom is -0.296 e. The minimum atomic E-state index is 0.499. The van der Waals surface area contributed by atoms with Gasteiger partial charge in [-0.1, -0.05) is 12.1 Å². The molecule has 0 aliphatic heterocycles. The lowest BCUT2D eigenvalue weighted by atomic mass is 10.1. The van der Waals surface area contributed by atoms with Crippen molar-refractivity contribution in [1.29, 1.82) is 0 Å². The Morgan fingerprint density at radius 3 is 2.60 bits per heavy atom. The monoisotopic (exact) mass is 218 g/mol. The van der Waals surface area contributed by atoms with Crippen molar-refractivity contribution >= 4 is 18.0 Å². The number of aromatic amines is 1. The van der Waals surface area contributed by atoms with E-state index in [2.05, 4.69) is 10.2 Å². The van der Waals surface area contributed by atoms with E-state index in [0.717, 1.165) is 17.5 Å². The molecule has 1 aromatic carbocycles. The number of hydrogen-bond acceptors (Lipinski definition) is 3. The number of thioether (sulfide) groups is 1. The summed E-state index contributed by atoms with van der Waals surface area (Å²) >= 11 is 1.70. The topological polar surface area (TPSA) is 45.8 Å². The Bertz CT molecular complexity index is 462. The number of aromatic nitrogens is 2. The van der Waals surface area contributed by atoms with Gasteiger partial charge in [-0.15, -0.1) is 11.8 Å². The summed E-state index contributed by atoms with van der Waals surface area (Å²) in [6.45, 7) is 0. The summed E-state index contributed by atoms with van der Waals surface area (Å²) in [7, 11) is 0. The molecule has 1 aromatic heterocycles. The van der Waals surface area contributed by atoms with Gasteiger partial charge in [0, 0.05) is 10.5 Å². The van der Waals surface area contributed by atoms with Crippen molar-refractivity contribution < 1.29 is 4.79 Å². The molecule has 15 heavy (non-hydrogen) atoms. The van der Waals surface area contributed by atoms with Crippen LogP contribution >= 0.6 is 11.8 Å². The summed E-state index contributed by atoms with van der Waals surface area (Å²) in [6, 6.07) is 9.80. The summed E-state index contributed by atoms with van der Waals surface area (Å²) in [4.78, 5) is 11.7. The average Bonchev–Trinajstić information content (AvgIpc) is 2.78. The second-order valence-corrected chi connectivity index (χ2v) is 3.93. The van der Waals surface area contributed by atoms with Crippen molar-refractivity contribution in [2.75, 3.05) is 6.26 Å². The molecule has 0 saturated carbocycles. The molecule has 0 unspecified atom stereocenters. The van der Waals surface area contributed by atoms with Crippen LogP contribution in [0.4, 0.5) is 0 Å². The standard InChI is InChI=1S/C11H10N2OS/c1-15-10-4-2-8(3-5-10)11-6-9(7-14)12-13-11/h2-7H,1H3,(H,12,13). The van der Waals surface area contributed by atoms with E-state index in [1.165, 1.54) is 4.90 Å². The highest BCUT2D eigenvalue weighted by Crippen LogP contribution is 2.21. The molecule has 76 valence electrons. The van der Waals surface area contributed by atoms with E-state index in [0.29, 0.717) is 5.69 Å². The predicted octanol–water partition coefficient (Wildman–Crippen LogP) is 2.61. The van der Waals surface area contributed by atoms with Crippen LogP contribution in [0.25, 0.3) is 11.3 Å². The van der Waals surface area contributed by atoms with Gasteiger partial charge in [-0.25, -0.2) is 0 Å². The van der Waals surface area contributed by atoms with E-state index >= 15 is 0 Å². The maximum atomic E-state index is 10.5. The van der Waals surface area contributed by atoms with Crippen molar-refractivity contribution in [3.63, 3.8) is 0 Å². The zero-order valence-corrected chi connectivity index (χ0v) is 9.04. The molecule has 0 aliphatic rings. The van der Waals surface area contributed by atoms with Crippen molar-refractivity contribution in [3.8, 4) is 11.3 Å². The Labute approximate surface area is 91.9 Å². The predicted molar refractivity (Wildman–Crippen MR) is 61.2 cm³/mol. The number of nitrogens with zero attached hydrogens (tertiary/aromatic N) is 1. The lowest BCUT2D eigenvalue weighted by Crippen LogP contribution is -1.77. The summed E-state index contributed by atoms with van der Waals surface area (Å²) < 4.78 is 0. The van der Waals surface area contributed by atoms with Crippen molar-refractivity contribution in [3.05, 3.63) is 36.0 Å². The van der Waals surface area contributed by atoms with Crippen LogP contribution in [0.5, 0.6) is 0 Å². The van der Waals surface area contributed by atoms with Gasteiger partial charge in [0.15, 0.2) is 6.29 Å². The first-order valence-corrected chi connectivity index (χ1v) is 5.71. The Morgan fingerprint density at radius 1 is 1.33 bits per heavy atom. The minimum absolute atomic E-state index is 0.499. The highest BCUT2D eigenvalue weighted by Gasteiger charge is 2.02. The van der Waals surface area contributed by atoms with Gasteiger partial charge in [0.2, 0.25) is 0 Å². The number of hydrogen-bond donors (Lipinski definition) is 1. The van der Waals surface area contributed by atoms with E-state index in [1.54, 1.807) is 17.8 Å². The van der Waals surface area contributed by atoms with Gasteiger partial charge in [-0.05, 0) is 24.5 Å². The number of nitrogens with one attached hydrogen (secondary N) is 1. The summed E-state index contributed by atoms with van der Waals surface area (Å²) in [5.41, 5.74) is 2.31. The summed E-state index contributed by atoms with van der Waals surface area (Å²) in [6.07, 6.45) is 2.79. The van der Waals surface area contributed by atoms with E-state index in [-0.39, 0.29) is 0 Å². The van der Waals surface area contributed by atoms with E-state index in [9.17, 15) is 4.79 Å². The van der Waals surface area contributed by atoms with E-state index in [4.69, 9.17) is 0 Å². The highest BCUT2D eigenvalue weighted by molar-refractivity contribution is 7.98. The van der Waals surface area contributed by atoms with E-state index < -0.39 is 0 Å². The average molecular weight is 218 g/mol. The number of rotatable bonds is 3. The van der Waals surface area contributed by atoms with Crippen molar-refractivity contribution in [2.45, 2.75) is 4.90 Å². The first-order chi connectivity index (χ1) is 7.33. The normalized spacial score (nSPS) is 10.2. The Hall–Kier alpha value is -1.55. The first kappa shape index (κ1) is 9.98. The van der Waals surface area contributed by atoms with Gasteiger partial charge in [-0.3, -0.25) is 9.89 Å². The van der Waals surface area contributed by atoms with Crippen LogP contribution in [0.15, 0.2) is 35.2 Å². The molecule has 1 N–H and O–H groups in total. The summed E-state index contributed by atoms with van der Waals surface area (Å²) in [5.74, 6) is 0. The molecule has 0 spiro atoms. The van der Waals surface area contributed by atoms with Crippen LogP contribution in [0.3, 0.4) is 0 Å². The smallest absolute Gasteiger partial charge is 0.167 e. The Balaban J connectivity index is 2.32. The number of benzene rings is 1. The molecular formula is C11H10N2OS. The van der Waals surface area contributed by atoms with Gasteiger partial charge in [-0.2, -0.15) is 5.10 Å². The third-order valence-corrected chi connectivity index (χ3v) is 2.85. The molecule has 0 bridgehead atoms. The van der Waals surface area contributed by atoms with Gasteiger partial charge in [0.25, 0.3) is 0 Å². The molecule has 0 fully saturated rings. The zero-order chi connectivity index (χ0) is 10.7. The third kappa shape index (κ3) is 2.10. The largest absolute Gasteiger partial charge is 0.296 e. The number of carbonyl (C=O) groups excluding carboxylic acids is 1. The fourth-order valence-corrected chi connectivity index (χ4v) is 1.71. The lowest BCUT2D eigenvalue weighted by molar-refractivity contribution is 0.111. The number of carbonyl (C=O) groups is 1. The zero-order valence-electron chi connectivity index (χ0n) is 8.23. The molecule has 2 aromatic rings. The second-order valence-electron chi connectivity index (χ2n) is 3.05. The van der Waals surface area contributed by atoms with Crippen LogP contribution in [0, 0.1) is 0 Å². The molecule has 1 heterocycles. The van der Waals surface area contributed by atoms with Crippen LogP contribution in [-0.4, -0.2) is 22.7 Å². The molecule has 0 amide bonds. The van der Waals surface area contributed by atoms with Gasteiger partial charge >= 0.3 is 0 Å². The molecule has 0 radical (unpaired) electrons.